The van der Waals surface area contributed by atoms with E-state index in [1.165, 1.54) is 0 Å². The lowest BCUT2D eigenvalue weighted by Crippen LogP contribution is -2.01. The van der Waals surface area contributed by atoms with Crippen molar-refractivity contribution in [3.05, 3.63) is 70.2 Å². The summed E-state index contributed by atoms with van der Waals surface area (Å²) in [6.45, 7) is 4.04. The number of nitriles is 1. The number of aryl methyl sites for hydroxylation is 2. The van der Waals surface area contributed by atoms with Gasteiger partial charge in [-0.15, -0.1) is 0 Å². The summed E-state index contributed by atoms with van der Waals surface area (Å²) in [5.74, 6) is 0.214. The van der Waals surface area contributed by atoms with Crippen LogP contribution in [0.4, 0.5) is 5.82 Å². The third kappa shape index (κ3) is 2.84. The second kappa shape index (κ2) is 6.35. The van der Waals surface area contributed by atoms with Gasteiger partial charge in [0.1, 0.15) is 17.5 Å². The van der Waals surface area contributed by atoms with E-state index < -0.39 is 0 Å². The minimum absolute atomic E-state index is 0.214. The number of pyridine rings is 1. The minimum atomic E-state index is 0.214. The second-order valence-corrected chi connectivity index (χ2v) is 6.13. The molecular weight excluding hydrogens is 318 g/mol. The number of hydrogen-bond donors (Lipinski definition) is 1. The summed E-state index contributed by atoms with van der Waals surface area (Å²) in [5.41, 5.74) is 11.9. The van der Waals surface area contributed by atoms with Gasteiger partial charge in [-0.05, 0) is 37.1 Å². The van der Waals surface area contributed by atoms with Gasteiger partial charge >= 0.3 is 0 Å². The quantitative estimate of drug-likeness (QED) is 0.706. The van der Waals surface area contributed by atoms with Crippen LogP contribution in [0.2, 0.25) is 5.02 Å². The number of nitrogens with two attached hydrogens (primary N) is 1. The van der Waals surface area contributed by atoms with Crippen molar-refractivity contribution in [1.82, 2.24) is 4.98 Å². The third-order valence-corrected chi connectivity index (χ3v) is 4.32. The fourth-order valence-corrected chi connectivity index (χ4v) is 2.96. The van der Waals surface area contributed by atoms with Gasteiger partial charge in [-0.2, -0.15) is 5.26 Å². The molecule has 0 aliphatic heterocycles. The largest absolute Gasteiger partial charge is 0.383 e. The van der Waals surface area contributed by atoms with Crippen LogP contribution < -0.4 is 5.73 Å². The summed E-state index contributed by atoms with van der Waals surface area (Å²) < 4.78 is 0. The van der Waals surface area contributed by atoms with Gasteiger partial charge in [0.25, 0.3) is 0 Å². The summed E-state index contributed by atoms with van der Waals surface area (Å²) in [6, 6.07) is 17.7. The summed E-state index contributed by atoms with van der Waals surface area (Å²) in [6.07, 6.45) is 0. The van der Waals surface area contributed by atoms with Crippen molar-refractivity contribution in [2.75, 3.05) is 5.73 Å². The number of halogens is 1. The van der Waals surface area contributed by atoms with Gasteiger partial charge in [0.05, 0.1) is 5.69 Å². The molecule has 24 heavy (non-hydrogen) atoms. The Morgan fingerprint density at radius 3 is 2.46 bits per heavy atom. The van der Waals surface area contributed by atoms with E-state index in [2.05, 4.69) is 17.1 Å². The minimum Gasteiger partial charge on any atom is -0.383 e. The molecule has 0 fully saturated rings. The molecule has 2 aromatic carbocycles. The van der Waals surface area contributed by atoms with Crippen molar-refractivity contribution >= 4 is 17.4 Å². The van der Waals surface area contributed by atoms with Crippen molar-refractivity contribution in [2.24, 2.45) is 0 Å². The van der Waals surface area contributed by atoms with Crippen LogP contribution in [0, 0.1) is 25.2 Å². The maximum absolute atomic E-state index is 9.54. The molecule has 0 spiro atoms. The first-order valence-corrected chi connectivity index (χ1v) is 7.92. The Morgan fingerprint density at radius 2 is 1.75 bits per heavy atom. The lowest BCUT2D eigenvalue weighted by molar-refractivity contribution is 1.30. The molecule has 4 heteroatoms. The van der Waals surface area contributed by atoms with Crippen molar-refractivity contribution in [2.45, 2.75) is 13.8 Å². The number of aromatic nitrogens is 1. The Labute approximate surface area is 146 Å². The Hall–Kier alpha value is -2.83. The molecule has 1 heterocycles. The normalized spacial score (nSPS) is 10.4. The molecule has 3 rings (SSSR count). The average Bonchev–Trinajstić information content (AvgIpc) is 2.57. The van der Waals surface area contributed by atoms with Gasteiger partial charge in [0.15, 0.2) is 0 Å². The summed E-state index contributed by atoms with van der Waals surface area (Å²) in [7, 11) is 0. The van der Waals surface area contributed by atoms with Gasteiger partial charge in [-0.1, -0.05) is 53.6 Å². The van der Waals surface area contributed by atoms with Crippen molar-refractivity contribution < 1.29 is 0 Å². The Morgan fingerprint density at radius 1 is 1.00 bits per heavy atom. The van der Waals surface area contributed by atoms with E-state index in [0.717, 1.165) is 27.8 Å². The number of hydrogen-bond acceptors (Lipinski definition) is 3. The molecule has 118 valence electrons. The van der Waals surface area contributed by atoms with Crippen LogP contribution in [0.1, 0.15) is 16.7 Å². The molecule has 0 radical (unpaired) electrons. The lowest BCUT2D eigenvalue weighted by Gasteiger charge is -2.13. The maximum Gasteiger partial charge on any atom is 0.142 e. The highest BCUT2D eigenvalue weighted by atomic mass is 35.5. The molecule has 1 aromatic heterocycles. The van der Waals surface area contributed by atoms with Crippen molar-refractivity contribution in [1.29, 1.82) is 5.26 Å². The second-order valence-electron chi connectivity index (χ2n) is 5.73. The van der Waals surface area contributed by atoms with Gasteiger partial charge in [-0.3, -0.25) is 0 Å². The molecule has 0 saturated carbocycles. The van der Waals surface area contributed by atoms with E-state index in [1.54, 1.807) is 0 Å². The fourth-order valence-electron chi connectivity index (χ4n) is 2.73. The number of benzene rings is 2. The average molecular weight is 334 g/mol. The van der Waals surface area contributed by atoms with Crippen LogP contribution in [0.5, 0.6) is 0 Å². The third-order valence-electron chi connectivity index (χ3n) is 3.99. The van der Waals surface area contributed by atoms with Gasteiger partial charge in [0, 0.05) is 16.1 Å². The molecule has 0 bridgehead atoms. The Balaban J connectivity index is 2.32. The number of anilines is 1. The van der Waals surface area contributed by atoms with Crippen LogP contribution in [0.15, 0.2) is 48.5 Å². The van der Waals surface area contributed by atoms with Gasteiger partial charge in [0.2, 0.25) is 0 Å². The van der Waals surface area contributed by atoms with Crippen LogP contribution in [0.25, 0.3) is 22.4 Å². The topological polar surface area (TPSA) is 62.7 Å². The maximum atomic E-state index is 9.54. The molecule has 2 N–H and O–H groups in total. The zero-order chi connectivity index (χ0) is 17.3. The molecule has 3 aromatic rings. The first kappa shape index (κ1) is 16.0. The van der Waals surface area contributed by atoms with Crippen LogP contribution in [-0.4, -0.2) is 4.98 Å². The van der Waals surface area contributed by atoms with Crippen molar-refractivity contribution in [3.8, 4) is 28.5 Å². The highest BCUT2D eigenvalue weighted by Crippen LogP contribution is 2.35. The smallest absolute Gasteiger partial charge is 0.142 e. The van der Waals surface area contributed by atoms with E-state index in [4.69, 9.17) is 17.3 Å². The highest BCUT2D eigenvalue weighted by molar-refractivity contribution is 6.33. The van der Waals surface area contributed by atoms with E-state index in [0.29, 0.717) is 16.3 Å². The predicted octanol–water partition coefficient (Wildman–Crippen LogP) is 5.14. The summed E-state index contributed by atoms with van der Waals surface area (Å²) in [4.78, 5) is 4.38. The van der Waals surface area contributed by atoms with Crippen LogP contribution >= 0.6 is 11.6 Å². The highest BCUT2D eigenvalue weighted by Gasteiger charge is 2.16. The standard InChI is InChI=1S/C20H16ClN3/c1-12-7-8-13(2)15(9-12)16-10-19(24-20(23)17(16)11-22)14-5-3-4-6-18(14)21/h3-10H,1-2H3,(H2,23,24). The fraction of sp³-hybridized carbons (Fsp3) is 0.100. The molecule has 0 amide bonds. The Kier molecular flexibility index (Phi) is 4.24. The molecule has 3 nitrogen and oxygen atoms in total. The molecule has 0 saturated heterocycles. The lowest BCUT2D eigenvalue weighted by atomic mass is 9.94. The van der Waals surface area contributed by atoms with Gasteiger partial charge < -0.3 is 5.73 Å². The zero-order valence-corrected chi connectivity index (χ0v) is 14.2. The van der Waals surface area contributed by atoms with Gasteiger partial charge in [-0.25, -0.2) is 4.98 Å². The number of rotatable bonds is 2. The molecule has 0 aliphatic rings. The zero-order valence-electron chi connectivity index (χ0n) is 13.5. The van der Waals surface area contributed by atoms with E-state index in [9.17, 15) is 5.26 Å². The summed E-state index contributed by atoms with van der Waals surface area (Å²) >= 11 is 6.29. The van der Waals surface area contributed by atoms with Crippen LogP contribution in [0.3, 0.4) is 0 Å². The number of nitrogens with zero attached hydrogens (tertiary/aromatic N) is 2. The number of nitrogen functional groups attached to an aromatic ring is 1. The van der Waals surface area contributed by atoms with E-state index >= 15 is 0 Å². The first-order chi connectivity index (χ1) is 11.5. The SMILES string of the molecule is Cc1ccc(C)c(-c2cc(-c3ccccc3Cl)nc(N)c2C#N)c1. The predicted molar refractivity (Wildman–Crippen MR) is 98.7 cm³/mol. The monoisotopic (exact) mass is 333 g/mol. The molecular formula is C20H16ClN3. The Bertz CT molecular complexity index is 971. The van der Waals surface area contributed by atoms with E-state index in [-0.39, 0.29) is 5.82 Å². The van der Waals surface area contributed by atoms with Crippen LogP contribution in [-0.2, 0) is 0 Å². The molecule has 0 atom stereocenters. The summed E-state index contributed by atoms with van der Waals surface area (Å²) in [5, 5.41) is 10.1. The van der Waals surface area contributed by atoms with Crippen molar-refractivity contribution in [3.63, 3.8) is 0 Å². The van der Waals surface area contributed by atoms with E-state index in [1.807, 2.05) is 56.3 Å². The first-order valence-electron chi connectivity index (χ1n) is 7.54. The molecule has 0 unspecified atom stereocenters. The molecule has 0 aliphatic carbocycles.